The molecule has 2 aromatic carbocycles. The number of rotatable bonds is 4. The van der Waals surface area contributed by atoms with E-state index in [0.717, 1.165) is 5.56 Å². The molecule has 3 aromatic rings. The molecule has 0 saturated carbocycles. The summed E-state index contributed by atoms with van der Waals surface area (Å²) in [6.07, 6.45) is 0. The Bertz CT molecular complexity index is 798. The van der Waals surface area contributed by atoms with Crippen LogP contribution in [0.3, 0.4) is 0 Å². The fourth-order valence-electron chi connectivity index (χ4n) is 2.22. The van der Waals surface area contributed by atoms with E-state index in [1.165, 1.54) is 28.9 Å². The Morgan fingerprint density at radius 2 is 1.77 bits per heavy atom. The van der Waals surface area contributed by atoms with Crippen molar-refractivity contribution in [1.82, 2.24) is 15.0 Å². The second kappa shape index (κ2) is 5.77. The molecule has 0 atom stereocenters. The Hall–Kier alpha value is -3.02. The monoisotopic (exact) mass is 297 g/mol. The van der Waals surface area contributed by atoms with Crippen LogP contribution in [0.25, 0.3) is 11.3 Å². The minimum atomic E-state index is -1.17. The number of hydrogen-bond acceptors (Lipinski definition) is 3. The number of aromatic carboxylic acids is 1. The molecule has 0 aliphatic heterocycles. The molecule has 0 amide bonds. The SMILES string of the molecule is O=C(O)c1nnn(Cc2ccccc2)c1-c1ccc(F)cc1. The van der Waals surface area contributed by atoms with E-state index in [1.54, 1.807) is 0 Å². The summed E-state index contributed by atoms with van der Waals surface area (Å²) < 4.78 is 14.6. The maximum atomic E-state index is 13.1. The van der Waals surface area contributed by atoms with Crippen molar-refractivity contribution in [2.75, 3.05) is 0 Å². The number of hydrogen-bond donors (Lipinski definition) is 1. The number of carbonyl (C=O) groups is 1. The maximum absolute atomic E-state index is 13.1. The van der Waals surface area contributed by atoms with Crippen LogP contribution in [0.1, 0.15) is 16.1 Å². The van der Waals surface area contributed by atoms with Gasteiger partial charge in [-0.2, -0.15) is 0 Å². The highest BCUT2D eigenvalue weighted by Gasteiger charge is 2.20. The molecular weight excluding hydrogens is 285 g/mol. The molecule has 0 aliphatic rings. The second-order valence-electron chi connectivity index (χ2n) is 4.74. The molecule has 1 aromatic heterocycles. The summed E-state index contributed by atoms with van der Waals surface area (Å²) in [5.41, 5.74) is 1.73. The first-order chi connectivity index (χ1) is 10.6. The molecule has 110 valence electrons. The molecule has 0 spiro atoms. The average molecular weight is 297 g/mol. The van der Waals surface area contributed by atoms with Gasteiger partial charge in [0.15, 0.2) is 5.69 Å². The lowest BCUT2D eigenvalue weighted by molar-refractivity contribution is 0.0691. The highest BCUT2D eigenvalue weighted by molar-refractivity contribution is 5.92. The Morgan fingerprint density at radius 3 is 2.41 bits per heavy atom. The van der Waals surface area contributed by atoms with Gasteiger partial charge in [-0.1, -0.05) is 35.5 Å². The van der Waals surface area contributed by atoms with Crippen molar-refractivity contribution in [2.45, 2.75) is 6.54 Å². The number of carboxylic acids is 1. The van der Waals surface area contributed by atoms with Gasteiger partial charge in [-0.3, -0.25) is 0 Å². The molecule has 3 rings (SSSR count). The van der Waals surface area contributed by atoms with Gasteiger partial charge in [0.25, 0.3) is 0 Å². The van der Waals surface area contributed by atoms with Gasteiger partial charge in [-0.15, -0.1) is 5.10 Å². The lowest BCUT2D eigenvalue weighted by Gasteiger charge is -2.07. The molecule has 6 heteroatoms. The lowest BCUT2D eigenvalue weighted by Crippen LogP contribution is -2.06. The molecule has 0 radical (unpaired) electrons. The van der Waals surface area contributed by atoms with Crippen molar-refractivity contribution >= 4 is 5.97 Å². The van der Waals surface area contributed by atoms with Gasteiger partial charge in [0.1, 0.15) is 11.5 Å². The molecule has 5 nitrogen and oxygen atoms in total. The summed E-state index contributed by atoms with van der Waals surface area (Å²) >= 11 is 0. The zero-order valence-corrected chi connectivity index (χ0v) is 11.5. The highest BCUT2D eigenvalue weighted by Crippen LogP contribution is 2.23. The highest BCUT2D eigenvalue weighted by atomic mass is 19.1. The van der Waals surface area contributed by atoms with Crippen LogP contribution in [-0.2, 0) is 6.54 Å². The number of carboxylic acid groups (broad SMARTS) is 1. The molecule has 0 aliphatic carbocycles. The van der Waals surface area contributed by atoms with Crippen LogP contribution in [0.15, 0.2) is 54.6 Å². The standard InChI is InChI=1S/C16H12FN3O2/c17-13-8-6-12(7-9-13)15-14(16(21)22)18-19-20(15)10-11-4-2-1-3-5-11/h1-9H,10H2,(H,21,22). The van der Waals surface area contributed by atoms with E-state index in [0.29, 0.717) is 17.8 Å². The fourth-order valence-corrected chi connectivity index (χ4v) is 2.22. The van der Waals surface area contributed by atoms with E-state index >= 15 is 0 Å². The van der Waals surface area contributed by atoms with Crippen LogP contribution in [0.2, 0.25) is 0 Å². The van der Waals surface area contributed by atoms with E-state index in [2.05, 4.69) is 10.3 Å². The Morgan fingerprint density at radius 1 is 1.09 bits per heavy atom. The largest absolute Gasteiger partial charge is 0.476 e. The van der Waals surface area contributed by atoms with Crippen LogP contribution in [0.5, 0.6) is 0 Å². The first-order valence-electron chi connectivity index (χ1n) is 6.62. The van der Waals surface area contributed by atoms with Crippen molar-refractivity contribution in [3.05, 3.63) is 71.7 Å². The van der Waals surface area contributed by atoms with Gasteiger partial charge in [0, 0.05) is 5.56 Å². The third kappa shape index (κ3) is 2.71. The zero-order valence-electron chi connectivity index (χ0n) is 11.5. The summed E-state index contributed by atoms with van der Waals surface area (Å²) in [4.78, 5) is 11.3. The first-order valence-corrected chi connectivity index (χ1v) is 6.62. The van der Waals surface area contributed by atoms with Crippen LogP contribution in [0, 0.1) is 5.82 Å². The fraction of sp³-hybridized carbons (Fsp3) is 0.0625. The predicted octanol–water partition coefficient (Wildman–Crippen LogP) is 2.83. The molecular formula is C16H12FN3O2. The van der Waals surface area contributed by atoms with Gasteiger partial charge < -0.3 is 5.11 Å². The Kier molecular flexibility index (Phi) is 3.65. The summed E-state index contributed by atoms with van der Waals surface area (Å²) in [5.74, 6) is -1.55. The quantitative estimate of drug-likeness (QED) is 0.804. The van der Waals surface area contributed by atoms with E-state index in [9.17, 15) is 14.3 Å². The lowest BCUT2D eigenvalue weighted by atomic mass is 10.1. The van der Waals surface area contributed by atoms with Crippen molar-refractivity contribution < 1.29 is 14.3 Å². The minimum absolute atomic E-state index is 0.150. The van der Waals surface area contributed by atoms with E-state index in [-0.39, 0.29) is 11.5 Å². The van der Waals surface area contributed by atoms with E-state index < -0.39 is 5.97 Å². The van der Waals surface area contributed by atoms with Crippen LogP contribution in [0.4, 0.5) is 4.39 Å². The van der Waals surface area contributed by atoms with E-state index in [1.807, 2.05) is 30.3 Å². The van der Waals surface area contributed by atoms with Crippen LogP contribution < -0.4 is 0 Å². The summed E-state index contributed by atoms with van der Waals surface area (Å²) in [5, 5.41) is 16.9. The van der Waals surface area contributed by atoms with E-state index in [4.69, 9.17) is 0 Å². The molecule has 0 fully saturated rings. The van der Waals surface area contributed by atoms with Gasteiger partial charge in [-0.25, -0.2) is 13.9 Å². The van der Waals surface area contributed by atoms with Crippen LogP contribution in [-0.4, -0.2) is 26.1 Å². The van der Waals surface area contributed by atoms with Crippen molar-refractivity contribution in [3.63, 3.8) is 0 Å². The summed E-state index contributed by atoms with van der Waals surface area (Å²) in [7, 11) is 0. The number of halogens is 1. The normalized spacial score (nSPS) is 10.6. The summed E-state index contributed by atoms with van der Waals surface area (Å²) in [6.45, 7) is 0.383. The second-order valence-corrected chi connectivity index (χ2v) is 4.74. The molecule has 0 unspecified atom stereocenters. The number of aromatic nitrogens is 3. The molecule has 1 N–H and O–H groups in total. The summed E-state index contributed by atoms with van der Waals surface area (Å²) in [6, 6.07) is 15.1. The third-order valence-corrected chi connectivity index (χ3v) is 3.23. The van der Waals surface area contributed by atoms with Gasteiger partial charge in [0.2, 0.25) is 0 Å². The van der Waals surface area contributed by atoms with Crippen molar-refractivity contribution in [2.24, 2.45) is 0 Å². The molecule has 0 bridgehead atoms. The first kappa shape index (κ1) is 13.9. The number of benzene rings is 2. The van der Waals surface area contributed by atoms with Crippen molar-refractivity contribution in [3.8, 4) is 11.3 Å². The Balaban J connectivity index is 2.07. The third-order valence-electron chi connectivity index (χ3n) is 3.23. The smallest absolute Gasteiger partial charge is 0.358 e. The van der Waals surface area contributed by atoms with Crippen LogP contribution >= 0.6 is 0 Å². The maximum Gasteiger partial charge on any atom is 0.358 e. The zero-order chi connectivity index (χ0) is 15.5. The predicted molar refractivity (Wildman–Crippen MR) is 77.9 cm³/mol. The van der Waals surface area contributed by atoms with Gasteiger partial charge in [-0.05, 0) is 29.8 Å². The number of nitrogens with zero attached hydrogens (tertiary/aromatic N) is 3. The molecule has 22 heavy (non-hydrogen) atoms. The molecule has 1 heterocycles. The van der Waals surface area contributed by atoms with Crippen molar-refractivity contribution in [1.29, 1.82) is 0 Å². The Labute approximate surface area is 125 Å². The average Bonchev–Trinajstić information content (AvgIpc) is 2.93. The minimum Gasteiger partial charge on any atom is -0.476 e. The van der Waals surface area contributed by atoms with Gasteiger partial charge in [0.05, 0.1) is 6.54 Å². The molecule has 0 saturated heterocycles. The van der Waals surface area contributed by atoms with Gasteiger partial charge >= 0.3 is 5.97 Å². The topological polar surface area (TPSA) is 68.0 Å².